The van der Waals surface area contributed by atoms with Crippen LogP contribution < -0.4 is 9.57 Å². The molecule has 0 aromatic heterocycles. The molecule has 5 heteroatoms. The van der Waals surface area contributed by atoms with E-state index in [1.54, 1.807) is 0 Å². The van der Waals surface area contributed by atoms with Gasteiger partial charge in [0, 0.05) is 11.5 Å². The number of nitrogens with zero attached hydrogens (tertiary/aromatic N) is 1. The molecule has 1 aliphatic carbocycles. The summed E-state index contributed by atoms with van der Waals surface area (Å²) in [7, 11) is 0. The third-order valence-electron chi connectivity index (χ3n) is 4.71. The van der Waals surface area contributed by atoms with Gasteiger partial charge in [0.1, 0.15) is 11.5 Å². The van der Waals surface area contributed by atoms with Crippen molar-refractivity contribution in [2.24, 2.45) is 0 Å². The van der Waals surface area contributed by atoms with Crippen LogP contribution in [0, 0.1) is 10.1 Å². The Labute approximate surface area is 156 Å². The van der Waals surface area contributed by atoms with E-state index in [1.165, 1.54) is 5.57 Å². The first kappa shape index (κ1) is 20.3. The van der Waals surface area contributed by atoms with Crippen LogP contribution in [0.15, 0.2) is 23.8 Å². The van der Waals surface area contributed by atoms with Gasteiger partial charge in [0.05, 0.1) is 6.10 Å². The van der Waals surface area contributed by atoms with Crippen LogP contribution in [0.25, 0.3) is 0 Å². The van der Waals surface area contributed by atoms with Crippen LogP contribution in [0.4, 0.5) is 0 Å². The van der Waals surface area contributed by atoms with Crippen molar-refractivity contribution in [3.8, 4) is 11.5 Å². The lowest BCUT2D eigenvalue weighted by Gasteiger charge is -2.26. The van der Waals surface area contributed by atoms with Gasteiger partial charge < -0.3 is 4.74 Å². The highest BCUT2D eigenvalue weighted by Gasteiger charge is 2.24. The first-order valence-electron chi connectivity index (χ1n) is 9.73. The summed E-state index contributed by atoms with van der Waals surface area (Å²) in [5.74, 6) is 1.15. The molecule has 144 valence electrons. The van der Waals surface area contributed by atoms with Gasteiger partial charge in [-0.1, -0.05) is 31.4 Å². The summed E-state index contributed by atoms with van der Waals surface area (Å²) in [6, 6.07) is 3.88. The van der Waals surface area contributed by atoms with Crippen LogP contribution in [-0.2, 0) is 6.42 Å². The average Bonchev–Trinajstić information content (AvgIpc) is 2.54. The molecule has 0 fully saturated rings. The van der Waals surface area contributed by atoms with E-state index < -0.39 is 5.09 Å². The molecule has 1 aliphatic rings. The van der Waals surface area contributed by atoms with Gasteiger partial charge in [-0.3, -0.25) is 4.84 Å². The minimum atomic E-state index is -0.715. The number of hydrogen-bond donors (Lipinski definition) is 0. The normalized spacial score (nSPS) is 17.1. The molecule has 2 rings (SSSR count). The highest BCUT2D eigenvalue weighted by Crippen LogP contribution is 2.43. The van der Waals surface area contributed by atoms with Crippen LogP contribution >= 0.6 is 0 Å². The Morgan fingerprint density at radius 3 is 2.62 bits per heavy atom. The second-order valence-electron chi connectivity index (χ2n) is 7.46. The highest BCUT2D eigenvalue weighted by atomic mass is 17.0. The Morgan fingerprint density at radius 1 is 1.27 bits per heavy atom. The lowest BCUT2D eigenvalue weighted by Crippen LogP contribution is -2.14. The maximum absolute atomic E-state index is 11.1. The fraction of sp³-hybridized carbons (Fsp3) is 0.619. The Balaban J connectivity index is 2.49. The molecular formula is C21H31NO4. The molecule has 5 nitrogen and oxygen atoms in total. The summed E-state index contributed by atoms with van der Waals surface area (Å²) in [5.41, 5.74) is 3.16. The number of aryl methyl sites for hydroxylation is 1. The summed E-state index contributed by atoms with van der Waals surface area (Å²) in [6.45, 7) is 8.23. The maximum Gasteiger partial charge on any atom is 0.299 e. The summed E-state index contributed by atoms with van der Waals surface area (Å²) in [6.07, 6.45) is 9.51. The number of unbranched alkanes of at least 4 members (excludes halogenated alkanes) is 2. The predicted octanol–water partition coefficient (Wildman–Crippen LogP) is 5.99. The zero-order valence-electron chi connectivity index (χ0n) is 16.4. The van der Waals surface area contributed by atoms with Crippen molar-refractivity contribution >= 4 is 0 Å². The zero-order valence-corrected chi connectivity index (χ0v) is 16.4. The third kappa shape index (κ3) is 5.75. The maximum atomic E-state index is 11.1. The van der Waals surface area contributed by atoms with Crippen molar-refractivity contribution in [3.63, 3.8) is 0 Å². The molecule has 0 saturated heterocycles. The van der Waals surface area contributed by atoms with Gasteiger partial charge in [-0.15, -0.1) is 10.1 Å². The minimum absolute atomic E-state index is 0.00300. The summed E-state index contributed by atoms with van der Waals surface area (Å²) >= 11 is 0. The van der Waals surface area contributed by atoms with Crippen molar-refractivity contribution in [2.45, 2.75) is 84.7 Å². The average molecular weight is 361 g/mol. The third-order valence-corrected chi connectivity index (χ3v) is 4.71. The van der Waals surface area contributed by atoms with E-state index in [0.29, 0.717) is 5.75 Å². The van der Waals surface area contributed by atoms with Crippen LogP contribution in [0.2, 0.25) is 0 Å². The van der Waals surface area contributed by atoms with Gasteiger partial charge in [-0.05, 0) is 70.6 Å². The van der Waals surface area contributed by atoms with E-state index in [2.05, 4.69) is 26.0 Å². The fourth-order valence-corrected chi connectivity index (χ4v) is 3.59. The van der Waals surface area contributed by atoms with E-state index in [-0.39, 0.29) is 12.0 Å². The molecule has 0 aliphatic heterocycles. The summed E-state index contributed by atoms with van der Waals surface area (Å²) < 4.78 is 6.07. The highest BCUT2D eigenvalue weighted by molar-refractivity contribution is 5.52. The van der Waals surface area contributed by atoms with Gasteiger partial charge >= 0.3 is 0 Å². The zero-order chi connectivity index (χ0) is 19.1. The van der Waals surface area contributed by atoms with Crippen molar-refractivity contribution < 1.29 is 14.7 Å². The second kappa shape index (κ2) is 9.60. The smallest absolute Gasteiger partial charge is 0.299 e. The minimum Gasteiger partial charge on any atom is -0.491 e. The summed E-state index contributed by atoms with van der Waals surface area (Å²) in [4.78, 5) is 16.1. The topological polar surface area (TPSA) is 61.6 Å². The quantitative estimate of drug-likeness (QED) is 0.234. The van der Waals surface area contributed by atoms with E-state index in [1.807, 2.05) is 19.9 Å². The Bertz CT molecular complexity index is 652. The van der Waals surface area contributed by atoms with Gasteiger partial charge in [0.2, 0.25) is 0 Å². The molecule has 0 spiro atoms. The van der Waals surface area contributed by atoms with E-state index in [4.69, 9.17) is 9.57 Å². The van der Waals surface area contributed by atoms with E-state index in [9.17, 15) is 10.1 Å². The molecule has 1 aromatic rings. The lowest BCUT2D eigenvalue weighted by molar-refractivity contribution is -0.711. The number of benzene rings is 1. The molecular weight excluding hydrogens is 330 g/mol. The molecule has 0 heterocycles. The van der Waals surface area contributed by atoms with Crippen LogP contribution in [0.3, 0.4) is 0 Å². The van der Waals surface area contributed by atoms with Crippen molar-refractivity contribution in [1.82, 2.24) is 0 Å². The van der Waals surface area contributed by atoms with Gasteiger partial charge in [0.15, 0.2) is 0 Å². The molecule has 1 aromatic carbocycles. The van der Waals surface area contributed by atoms with Crippen molar-refractivity contribution in [1.29, 1.82) is 0 Å². The Hall–Kier alpha value is -2.04. The molecule has 1 atom stereocenters. The van der Waals surface area contributed by atoms with Crippen LogP contribution in [0.5, 0.6) is 11.5 Å². The predicted molar refractivity (Wildman–Crippen MR) is 103 cm³/mol. The van der Waals surface area contributed by atoms with Gasteiger partial charge in [-0.2, -0.15) is 0 Å². The standard InChI is InChI=1S/C21H31NO4/c1-5-6-7-10-17-13-19(25-15(2)3)21(20(14-17)26-22(23)24)18-11-8-9-16(4)12-18/h12-15,18H,5-11H2,1-4H3/t18-/m0/s1. The summed E-state index contributed by atoms with van der Waals surface area (Å²) in [5, 5.41) is 10.4. The van der Waals surface area contributed by atoms with E-state index in [0.717, 1.165) is 61.8 Å². The Kier molecular flexibility index (Phi) is 7.49. The molecule has 0 bridgehead atoms. The number of ether oxygens (including phenoxy) is 1. The van der Waals surface area contributed by atoms with E-state index >= 15 is 0 Å². The molecule has 0 amide bonds. The Morgan fingerprint density at radius 2 is 2.00 bits per heavy atom. The fourth-order valence-electron chi connectivity index (χ4n) is 3.59. The number of allylic oxidation sites excluding steroid dienone is 2. The largest absolute Gasteiger partial charge is 0.491 e. The van der Waals surface area contributed by atoms with Crippen LogP contribution in [-0.4, -0.2) is 11.2 Å². The lowest BCUT2D eigenvalue weighted by atomic mass is 9.84. The SMILES string of the molecule is CCCCCc1cc(OC(C)C)c([C@@H]2C=C(C)CCC2)c(O[N+](=O)[O-])c1. The molecule has 26 heavy (non-hydrogen) atoms. The first-order chi connectivity index (χ1) is 12.4. The molecule has 0 radical (unpaired) electrons. The first-order valence-corrected chi connectivity index (χ1v) is 9.73. The molecule has 0 unspecified atom stereocenters. The van der Waals surface area contributed by atoms with Crippen molar-refractivity contribution in [2.75, 3.05) is 0 Å². The second-order valence-corrected chi connectivity index (χ2v) is 7.46. The monoisotopic (exact) mass is 361 g/mol. The number of hydrogen-bond acceptors (Lipinski definition) is 4. The van der Waals surface area contributed by atoms with Gasteiger partial charge in [0.25, 0.3) is 5.09 Å². The molecule has 0 saturated carbocycles. The number of rotatable bonds is 9. The van der Waals surface area contributed by atoms with Gasteiger partial charge in [-0.25, -0.2) is 0 Å². The van der Waals surface area contributed by atoms with Crippen LogP contribution in [0.1, 0.15) is 83.3 Å². The molecule has 0 N–H and O–H groups in total. The van der Waals surface area contributed by atoms with Crippen molar-refractivity contribution in [3.05, 3.63) is 45.0 Å².